The zero-order valence-electron chi connectivity index (χ0n) is 17.0. The van der Waals surface area contributed by atoms with Crippen molar-refractivity contribution < 1.29 is 13.2 Å². The van der Waals surface area contributed by atoms with Crippen LogP contribution in [0.3, 0.4) is 0 Å². The van der Waals surface area contributed by atoms with Crippen molar-refractivity contribution in [2.45, 2.75) is 37.1 Å². The quantitative estimate of drug-likeness (QED) is 0.635. The molecule has 1 aliphatic heterocycles. The van der Waals surface area contributed by atoms with Gasteiger partial charge in [-0.2, -0.15) is 9.40 Å². The Labute approximate surface area is 180 Å². The Hall–Kier alpha value is -3.04. The summed E-state index contributed by atoms with van der Waals surface area (Å²) in [4.78, 5) is 24.7. The highest BCUT2D eigenvalue weighted by molar-refractivity contribution is 7.89. The maximum Gasteiger partial charge on any atom is 0.245 e. The lowest BCUT2D eigenvalue weighted by Crippen LogP contribution is -2.36. The second-order valence-corrected chi connectivity index (χ2v) is 9.41. The molecule has 0 aliphatic carbocycles. The number of carbonyl (C=O) groups is 1. The van der Waals surface area contributed by atoms with Crippen molar-refractivity contribution in [3.8, 4) is 0 Å². The number of aryl methyl sites for hydroxylation is 1. The Morgan fingerprint density at radius 2 is 1.71 bits per heavy atom. The number of aromatic nitrogens is 2. The standard InChI is InChI=1S/C22H24N4O4S/c27-20-16-23-26(19-10-4-2-8-17(19)20)15-12-22(28)24-18-9-3-5-11-21(18)31(29,30)25-13-6-1-7-14-25/h2-5,8-11,16H,1,6-7,12-15H2,(H,24,28). The maximum absolute atomic E-state index is 13.1. The van der Waals surface area contributed by atoms with Crippen molar-refractivity contribution in [3.63, 3.8) is 0 Å². The molecular formula is C22H24N4O4S. The number of amides is 1. The van der Waals surface area contributed by atoms with E-state index in [0.29, 0.717) is 24.0 Å². The summed E-state index contributed by atoms with van der Waals surface area (Å²) in [5.74, 6) is -0.328. The van der Waals surface area contributed by atoms with Crippen LogP contribution in [0.1, 0.15) is 25.7 Å². The molecule has 0 unspecified atom stereocenters. The van der Waals surface area contributed by atoms with Crippen LogP contribution in [0.15, 0.2) is 64.4 Å². The van der Waals surface area contributed by atoms with E-state index in [-0.39, 0.29) is 34.9 Å². The van der Waals surface area contributed by atoms with E-state index in [1.807, 2.05) is 6.07 Å². The molecule has 2 aromatic carbocycles. The van der Waals surface area contributed by atoms with Crippen LogP contribution in [0.4, 0.5) is 5.69 Å². The van der Waals surface area contributed by atoms with E-state index in [1.165, 1.54) is 16.6 Å². The Morgan fingerprint density at radius 1 is 1.00 bits per heavy atom. The van der Waals surface area contributed by atoms with E-state index < -0.39 is 10.0 Å². The summed E-state index contributed by atoms with van der Waals surface area (Å²) in [6.07, 6.45) is 4.03. The topological polar surface area (TPSA) is 101 Å². The minimum atomic E-state index is -3.67. The van der Waals surface area contributed by atoms with Crippen LogP contribution in [-0.2, 0) is 21.4 Å². The molecule has 1 fully saturated rings. The lowest BCUT2D eigenvalue weighted by Gasteiger charge is -2.26. The van der Waals surface area contributed by atoms with Gasteiger partial charge in [-0.05, 0) is 37.1 Å². The number of piperidine rings is 1. The SMILES string of the molecule is O=C(CCn1ncc(=O)c2ccccc21)Nc1ccccc1S(=O)(=O)N1CCCCC1. The van der Waals surface area contributed by atoms with E-state index in [4.69, 9.17) is 0 Å². The van der Waals surface area contributed by atoms with Gasteiger partial charge in [-0.3, -0.25) is 14.3 Å². The first-order valence-corrected chi connectivity index (χ1v) is 11.7. The number of nitrogens with one attached hydrogen (secondary N) is 1. The molecule has 31 heavy (non-hydrogen) atoms. The molecule has 1 aliphatic rings. The average molecular weight is 441 g/mol. The van der Waals surface area contributed by atoms with Gasteiger partial charge < -0.3 is 5.32 Å². The first-order valence-electron chi connectivity index (χ1n) is 10.3. The van der Waals surface area contributed by atoms with Gasteiger partial charge in [-0.1, -0.05) is 30.7 Å². The summed E-state index contributed by atoms with van der Waals surface area (Å²) in [5, 5.41) is 7.40. The Morgan fingerprint density at radius 3 is 2.52 bits per heavy atom. The van der Waals surface area contributed by atoms with Gasteiger partial charge in [-0.15, -0.1) is 0 Å². The number of benzene rings is 2. The van der Waals surface area contributed by atoms with Crippen LogP contribution < -0.4 is 10.7 Å². The lowest BCUT2D eigenvalue weighted by atomic mass is 10.2. The van der Waals surface area contributed by atoms with Gasteiger partial charge in [0.15, 0.2) is 0 Å². The van der Waals surface area contributed by atoms with Gasteiger partial charge >= 0.3 is 0 Å². The fraction of sp³-hybridized carbons (Fsp3) is 0.318. The Bertz CT molecular complexity index is 1260. The summed E-state index contributed by atoms with van der Waals surface area (Å²) in [6, 6.07) is 13.6. The molecule has 3 aromatic rings. The number of anilines is 1. The predicted octanol–water partition coefficient (Wildman–Crippen LogP) is 2.60. The Kier molecular flexibility index (Phi) is 6.15. The molecular weight excluding hydrogens is 416 g/mol. The average Bonchev–Trinajstić information content (AvgIpc) is 2.80. The number of carbonyl (C=O) groups excluding carboxylic acids is 1. The zero-order valence-corrected chi connectivity index (χ0v) is 17.8. The van der Waals surface area contributed by atoms with E-state index in [1.54, 1.807) is 41.1 Å². The van der Waals surface area contributed by atoms with E-state index in [2.05, 4.69) is 10.4 Å². The van der Waals surface area contributed by atoms with Crippen LogP contribution in [0.5, 0.6) is 0 Å². The lowest BCUT2D eigenvalue weighted by molar-refractivity contribution is -0.116. The number of rotatable bonds is 6. The molecule has 1 amide bonds. The second kappa shape index (κ2) is 8.99. The van der Waals surface area contributed by atoms with Crippen LogP contribution in [0, 0.1) is 0 Å². The molecule has 1 N–H and O–H groups in total. The zero-order chi connectivity index (χ0) is 21.8. The molecule has 2 heterocycles. The van der Waals surface area contributed by atoms with Crippen molar-refractivity contribution in [2.24, 2.45) is 0 Å². The molecule has 0 atom stereocenters. The molecule has 0 radical (unpaired) electrons. The van der Waals surface area contributed by atoms with Crippen molar-refractivity contribution >= 4 is 32.5 Å². The third kappa shape index (κ3) is 4.52. The minimum Gasteiger partial charge on any atom is -0.325 e. The number of para-hydroxylation sites is 2. The molecule has 1 saturated heterocycles. The first kappa shape index (κ1) is 21.2. The van der Waals surface area contributed by atoms with E-state index in [0.717, 1.165) is 19.3 Å². The van der Waals surface area contributed by atoms with Crippen LogP contribution in [0.2, 0.25) is 0 Å². The molecule has 0 bridgehead atoms. The van der Waals surface area contributed by atoms with Gasteiger partial charge in [-0.25, -0.2) is 8.42 Å². The number of nitrogens with zero attached hydrogens (tertiary/aromatic N) is 3. The smallest absolute Gasteiger partial charge is 0.245 e. The predicted molar refractivity (Wildman–Crippen MR) is 118 cm³/mol. The van der Waals surface area contributed by atoms with Crippen LogP contribution in [-0.4, -0.2) is 41.5 Å². The third-order valence-electron chi connectivity index (χ3n) is 5.41. The van der Waals surface area contributed by atoms with Crippen molar-refractivity contribution in [1.29, 1.82) is 0 Å². The summed E-state index contributed by atoms with van der Waals surface area (Å²) >= 11 is 0. The van der Waals surface area contributed by atoms with E-state index >= 15 is 0 Å². The van der Waals surface area contributed by atoms with Gasteiger partial charge in [0.05, 0.1) is 23.9 Å². The largest absolute Gasteiger partial charge is 0.325 e. The monoisotopic (exact) mass is 440 g/mol. The highest BCUT2D eigenvalue weighted by Crippen LogP contribution is 2.27. The second-order valence-electron chi connectivity index (χ2n) is 7.51. The molecule has 162 valence electrons. The van der Waals surface area contributed by atoms with Crippen LogP contribution in [0.25, 0.3) is 10.9 Å². The van der Waals surface area contributed by atoms with Crippen molar-refractivity contribution in [3.05, 3.63) is 65.0 Å². The third-order valence-corrected chi connectivity index (χ3v) is 7.36. The molecule has 0 spiro atoms. The Balaban J connectivity index is 1.50. The fourth-order valence-corrected chi connectivity index (χ4v) is 5.46. The van der Waals surface area contributed by atoms with Crippen molar-refractivity contribution in [2.75, 3.05) is 18.4 Å². The summed E-state index contributed by atoms with van der Waals surface area (Å²) in [7, 11) is -3.67. The molecule has 0 saturated carbocycles. The van der Waals surface area contributed by atoms with Gasteiger partial charge in [0.2, 0.25) is 21.4 Å². The van der Waals surface area contributed by atoms with E-state index in [9.17, 15) is 18.0 Å². The summed E-state index contributed by atoms with van der Waals surface area (Å²) in [6.45, 7) is 1.25. The minimum absolute atomic E-state index is 0.0813. The highest BCUT2D eigenvalue weighted by Gasteiger charge is 2.28. The molecule has 9 heteroatoms. The molecule has 1 aromatic heterocycles. The van der Waals surface area contributed by atoms with Crippen molar-refractivity contribution in [1.82, 2.24) is 14.1 Å². The molecule has 4 rings (SSSR count). The number of hydrogen-bond donors (Lipinski definition) is 1. The molecule has 8 nitrogen and oxygen atoms in total. The number of hydrogen-bond acceptors (Lipinski definition) is 5. The maximum atomic E-state index is 13.1. The van der Waals surface area contributed by atoms with Gasteiger partial charge in [0.1, 0.15) is 4.90 Å². The first-order chi connectivity index (χ1) is 15.0. The van der Waals surface area contributed by atoms with Gasteiger partial charge in [0.25, 0.3) is 0 Å². The summed E-state index contributed by atoms with van der Waals surface area (Å²) in [5.41, 5.74) is 0.750. The van der Waals surface area contributed by atoms with Gasteiger partial charge in [0, 0.05) is 24.9 Å². The fourth-order valence-electron chi connectivity index (χ4n) is 3.80. The summed E-state index contributed by atoms with van der Waals surface area (Å²) < 4.78 is 29.2. The highest BCUT2D eigenvalue weighted by atomic mass is 32.2. The normalized spacial score (nSPS) is 15.1. The number of fused-ring (bicyclic) bond motifs is 1. The number of sulfonamides is 1. The van der Waals surface area contributed by atoms with Crippen LogP contribution >= 0.6 is 0 Å².